The third-order valence-electron chi connectivity index (χ3n) is 2.73. The monoisotopic (exact) mass is 292 g/mol. The van der Waals surface area contributed by atoms with Crippen molar-refractivity contribution in [2.75, 3.05) is 17.7 Å². The van der Waals surface area contributed by atoms with Crippen LogP contribution in [-0.4, -0.2) is 12.5 Å². The van der Waals surface area contributed by atoms with Crippen LogP contribution in [0.1, 0.15) is 17.3 Å². The van der Waals surface area contributed by atoms with Crippen LogP contribution in [0, 0.1) is 11.6 Å². The fourth-order valence-electron chi connectivity index (χ4n) is 1.78. The summed E-state index contributed by atoms with van der Waals surface area (Å²) in [5.41, 5.74) is 5.76. The molecule has 0 saturated carbocycles. The molecular weight excluding hydrogens is 278 g/mol. The second-order valence-corrected chi connectivity index (χ2v) is 4.27. The number of halogens is 2. The molecule has 0 heterocycles. The number of benzene rings is 2. The molecule has 0 saturated heterocycles. The van der Waals surface area contributed by atoms with E-state index in [9.17, 15) is 13.6 Å². The van der Waals surface area contributed by atoms with Crippen molar-refractivity contribution < 1.29 is 18.3 Å². The predicted molar refractivity (Wildman–Crippen MR) is 76.3 cm³/mol. The molecule has 2 rings (SSSR count). The molecule has 0 aliphatic rings. The minimum Gasteiger partial charge on any atom is -0.492 e. The van der Waals surface area contributed by atoms with Crippen molar-refractivity contribution >= 4 is 17.3 Å². The van der Waals surface area contributed by atoms with Crippen molar-refractivity contribution in [3.63, 3.8) is 0 Å². The highest BCUT2D eigenvalue weighted by atomic mass is 19.1. The molecule has 0 aliphatic carbocycles. The molecule has 0 atom stereocenters. The second-order valence-electron chi connectivity index (χ2n) is 4.27. The van der Waals surface area contributed by atoms with E-state index in [1.807, 2.05) is 0 Å². The standard InChI is InChI=1S/C15H14F2N2O2/c1-2-21-14-7-9(16)3-6-13(14)19-15(20)11-5-4-10(18)8-12(11)17/h3-8H,2,18H2,1H3,(H,19,20). The Bertz CT molecular complexity index is 675. The smallest absolute Gasteiger partial charge is 0.258 e. The van der Waals surface area contributed by atoms with Gasteiger partial charge in [0.2, 0.25) is 0 Å². The summed E-state index contributed by atoms with van der Waals surface area (Å²) >= 11 is 0. The van der Waals surface area contributed by atoms with E-state index in [1.165, 1.54) is 24.3 Å². The molecule has 0 radical (unpaired) electrons. The number of amides is 1. The van der Waals surface area contributed by atoms with Gasteiger partial charge in [-0.15, -0.1) is 0 Å². The molecule has 2 aromatic rings. The number of carbonyl (C=O) groups is 1. The number of carbonyl (C=O) groups excluding carboxylic acids is 1. The summed E-state index contributed by atoms with van der Waals surface area (Å²) in [6.07, 6.45) is 0. The van der Waals surface area contributed by atoms with Crippen molar-refractivity contribution in [1.29, 1.82) is 0 Å². The molecule has 110 valence electrons. The van der Waals surface area contributed by atoms with Crippen LogP contribution in [-0.2, 0) is 0 Å². The van der Waals surface area contributed by atoms with Gasteiger partial charge in [-0.2, -0.15) is 0 Å². The molecule has 0 fully saturated rings. The third kappa shape index (κ3) is 3.47. The summed E-state index contributed by atoms with van der Waals surface area (Å²) < 4.78 is 32.1. The lowest BCUT2D eigenvalue weighted by atomic mass is 10.1. The fourth-order valence-corrected chi connectivity index (χ4v) is 1.78. The van der Waals surface area contributed by atoms with E-state index in [0.29, 0.717) is 6.61 Å². The van der Waals surface area contributed by atoms with E-state index in [0.717, 1.165) is 12.1 Å². The normalized spacial score (nSPS) is 10.2. The van der Waals surface area contributed by atoms with Gasteiger partial charge < -0.3 is 15.8 Å². The Labute approximate surface area is 120 Å². The van der Waals surface area contributed by atoms with Gasteiger partial charge in [-0.1, -0.05) is 0 Å². The van der Waals surface area contributed by atoms with Gasteiger partial charge in [0.25, 0.3) is 5.91 Å². The average molecular weight is 292 g/mol. The van der Waals surface area contributed by atoms with Crippen LogP contribution in [0.2, 0.25) is 0 Å². The highest BCUT2D eigenvalue weighted by molar-refractivity contribution is 6.05. The zero-order chi connectivity index (χ0) is 15.4. The van der Waals surface area contributed by atoms with Gasteiger partial charge in [0.15, 0.2) is 0 Å². The van der Waals surface area contributed by atoms with E-state index in [-0.39, 0.29) is 22.7 Å². The van der Waals surface area contributed by atoms with Crippen LogP contribution in [0.15, 0.2) is 36.4 Å². The zero-order valence-corrected chi connectivity index (χ0v) is 11.3. The Balaban J connectivity index is 2.27. The van der Waals surface area contributed by atoms with Crippen molar-refractivity contribution in [3.8, 4) is 5.75 Å². The fraction of sp³-hybridized carbons (Fsp3) is 0.133. The van der Waals surface area contributed by atoms with E-state index in [1.54, 1.807) is 6.92 Å². The maximum atomic E-state index is 13.7. The molecule has 0 bridgehead atoms. The minimum atomic E-state index is -0.729. The second kappa shape index (κ2) is 6.21. The summed E-state index contributed by atoms with van der Waals surface area (Å²) in [5.74, 6) is -1.70. The maximum absolute atomic E-state index is 13.7. The van der Waals surface area contributed by atoms with Crippen LogP contribution in [0.5, 0.6) is 5.75 Å². The van der Waals surface area contributed by atoms with Crippen molar-refractivity contribution in [3.05, 3.63) is 53.6 Å². The number of hydrogen-bond donors (Lipinski definition) is 2. The van der Waals surface area contributed by atoms with Crippen LogP contribution < -0.4 is 15.8 Å². The predicted octanol–water partition coefficient (Wildman–Crippen LogP) is 3.20. The van der Waals surface area contributed by atoms with Crippen molar-refractivity contribution in [1.82, 2.24) is 0 Å². The summed E-state index contributed by atoms with van der Waals surface area (Å²) in [5, 5.41) is 2.49. The largest absolute Gasteiger partial charge is 0.492 e. The third-order valence-corrected chi connectivity index (χ3v) is 2.73. The lowest BCUT2D eigenvalue weighted by Crippen LogP contribution is -2.15. The first-order valence-electron chi connectivity index (χ1n) is 6.30. The summed E-state index contributed by atoms with van der Waals surface area (Å²) in [6.45, 7) is 2.04. The summed E-state index contributed by atoms with van der Waals surface area (Å²) in [6, 6.07) is 7.45. The van der Waals surface area contributed by atoms with E-state index in [4.69, 9.17) is 10.5 Å². The topological polar surface area (TPSA) is 64.3 Å². The highest BCUT2D eigenvalue weighted by Crippen LogP contribution is 2.26. The van der Waals surface area contributed by atoms with Gasteiger partial charge in [-0.25, -0.2) is 8.78 Å². The van der Waals surface area contributed by atoms with E-state index in [2.05, 4.69) is 5.32 Å². The number of rotatable bonds is 4. The molecular formula is C15H14F2N2O2. The van der Waals surface area contributed by atoms with Crippen LogP contribution in [0.25, 0.3) is 0 Å². The molecule has 0 spiro atoms. The Kier molecular flexibility index (Phi) is 4.37. The van der Waals surface area contributed by atoms with E-state index < -0.39 is 17.5 Å². The molecule has 3 N–H and O–H groups in total. The minimum absolute atomic E-state index is 0.157. The first kappa shape index (κ1) is 14.8. The van der Waals surface area contributed by atoms with Gasteiger partial charge in [0.1, 0.15) is 17.4 Å². The molecule has 0 aliphatic heterocycles. The van der Waals surface area contributed by atoms with Crippen LogP contribution in [0.3, 0.4) is 0 Å². The maximum Gasteiger partial charge on any atom is 0.258 e. The van der Waals surface area contributed by atoms with Gasteiger partial charge in [0.05, 0.1) is 17.9 Å². The van der Waals surface area contributed by atoms with Crippen molar-refractivity contribution in [2.45, 2.75) is 6.92 Å². The average Bonchev–Trinajstić information content (AvgIpc) is 2.42. The number of nitrogens with one attached hydrogen (secondary N) is 1. The van der Waals surface area contributed by atoms with Crippen LogP contribution in [0.4, 0.5) is 20.2 Å². The number of nitrogens with two attached hydrogens (primary N) is 1. The molecule has 0 unspecified atom stereocenters. The summed E-state index contributed by atoms with van der Waals surface area (Å²) in [4.78, 5) is 12.0. The van der Waals surface area contributed by atoms with Crippen LogP contribution >= 0.6 is 0 Å². The van der Waals surface area contributed by atoms with Gasteiger partial charge in [-0.05, 0) is 37.3 Å². The number of anilines is 2. The number of hydrogen-bond acceptors (Lipinski definition) is 3. The summed E-state index contributed by atoms with van der Waals surface area (Å²) in [7, 11) is 0. The first-order valence-corrected chi connectivity index (χ1v) is 6.30. The van der Waals surface area contributed by atoms with Gasteiger partial charge in [0, 0.05) is 11.8 Å². The van der Waals surface area contributed by atoms with Gasteiger partial charge >= 0.3 is 0 Å². The SMILES string of the molecule is CCOc1cc(F)ccc1NC(=O)c1ccc(N)cc1F. The molecule has 1 amide bonds. The molecule has 0 aromatic heterocycles. The first-order chi connectivity index (χ1) is 10.0. The quantitative estimate of drug-likeness (QED) is 0.851. The Morgan fingerprint density at radius 1 is 1.24 bits per heavy atom. The lowest BCUT2D eigenvalue weighted by Gasteiger charge is -2.12. The molecule has 4 nitrogen and oxygen atoms in total. The Morgan fingerprint density at radius 3 is 2.67 bits per heavy atom. The van der Waals surface area contributed by atoms with Gasteiger partial charge in [-0.3, -0.25) is 4.79 Å². The molecule has 6 heteroatoms. The Hall–Kier alpha value is -2.63. The number of ether oxygens (including phenoxy) is 1. The van der Waals surface area contributed by atoms with Crippen molar-refractivity contribution in [2.24, 2.45) is 0 Å². The number of nitrogen functional groups attached to an aromatic ring is 1. The Morgan fingerprint density at radius 2 is 2.00 bits per heavy atom. The molecule has 21 heavy (non-hydrogen) atoms. The zero-order valence-electron chi connectivity index (χ0n) is 11.3. The lowest BCUT2D eigenvalue weighted by molar-refractivity contribution is 0.102. The molecule has 2 aromatic carbocycles. The highest BCUT2D eigenvalue weighted by Gasteiger charge is 2.14. The van der Waals surface area contributed by atoms with E-state index >= 15 is 0 Å².